The van der Waals surface area contributed by atoms with Gasteiger partial charge in [0, 0.05) is 38.3 Å². The van der Waals surface area contributed by atoms with E-state index in [0.29, 0.717) is 60.8 Å². The number of benzene rings is 2. The molecule has 2 aromatic carbocycles. The number of pyridine rings is 1. The fourth-order valence-electron chi connectivity index (χ4n) is 3.80. The molecule has 1 saturated heterocycles. The van der Waals surface area contributed by atoms with Gasteiger partial charge in [0.1, 0.15) is 29.0 Å². The number of piperazine rings is 1. The van der Waals surface area contributed by atoms with E-state index < -0.39 is 17.5 Å². The molecule has 0 radical (unpaired) electrons. The summed E-state index contributed by atoms with van der Waals surface area (Å²) in [6.45, 7) is 1.73. The van der Waals surface area contributed by atoms with E-state index in [9.17, 15) is 18.4 Å². The maximum Gasteiger partial charge on any atom is 0.259 e. The Bertz CT molecular complexity index is 1230. The fraction of sp³-hybridized carbons (Fsp3) is 0.240. The lowest BCUT2D eigenvalue weighted by Crippen LogP contribution is -2.49. The highest BCUT2D eigenvalue weighted by Gasteiger charge is 2.25. The molecule has 1 aromatic heterocycles. The molecule has 0 bridgehead atoms. The number of nitrogens with zero attached hydrogens (tertiary/aromatic N) is 3. The molecule has 0 spiro atoms. The number of aromatic nitrogens is 1. The minimum Gasteiger partial charge on any atom is -0.497 e. The van der Waals surface area contributed by atoms with Gasteiger partial charge in [0.25, 0.3) is 11.8 Å². The molecular formula is C25H24F2N4O4. The second-order valence-electron chi connectivity index (χ2n) is 7.83. The Morgan fingerprint density at radius 1 is 0.914 bits per heavy atom. The number of nitrogens with one attached hydrogen (secondary N) is 1. The predicted octanol–water partition coefficient (Wildman–Crippen LogP) is 3.59. The van der Waals surface area contributed by atoms with Gasteiger partial charge in [-0.2, -0.15) is 0 Å². The van der Waals surface area contributed by atoms with Crippen molar-refractivity contribution < 1.29 is 27.8 Å². The van der Waals surface area contributed by atoms with Crippen LogP contribution >= 0.6 is 0 Å². The van der Waals surface area contributed by atoms with Crippen molar-refractivity contribution in [3.8, 4) is 11.5 Å². The van der Waals surface area contributed by atoms with E-state index in [0.717, 1.165) is 12.1 Å². The van der Waals surface area contributed by atoms with E-state index in [2.05, 4.69) is 10.3 Å². The van der Waals surface area contributed by atoms with Crippen LogP contribution in [0.1, 0.15) is 20.7 Å². The van der Waals surface area contributed by atoms with Crippen molar-refractivity contribution >= 4 is 23.3 Å². The quantitative estimate of drug-likeness (QED) is 0.578. The second kappa shape index (κ2) is 10.4. The van der Waals surface area contributed by atoms with Crippen LogP contribution in [-0.2, 0) is 0 Å². The standard InChI is InChI=1S/C25H24F2N4O4/c1-34-18-5-7-20(22(14-18)35-2)24(32)29-17-4-8-23(28-15-17)30-9-11-31(12-10-30)25(33)19-6-3-16(26)13-21(19)27/h3-8,13-15H,9-12H2,1-2H3,(H,29,32). The van der Waals surface area contributed by atoms with E-state index in [-0.39, 0.29) is 11.5 Å². The number of rotatable bonds is 6. The second-order valence-corrected chi connectivity index (χ2v) is 7.83. The van der Waals surface area contributed by atoms with Gasteiger partial charge in [-0.25, -0.2) is 13.8 Å². The molecule has 0 saturated carbocycles. The summed E-state index contributed by atoms with van der Waals surface area (Å²) >= 11 is 0. The molecule has 0 atom stereocenters. The number of halogens is 2. The van der Waals surface area contributed by atoms with Crippen LogP contribution in [0.15, 0.2) is 54.7 Å². The molecule has 10 heteroatoms. The molecule has 2 amide bonds. The lowest BCUT2D eigenvalue weighted by Gasteiger charge is -2.35. The summed E-state index contributed by atoms with van der Waals surface area (Å²) in [6, 6.07) is 11.4. The summed E-state index contributed by atoms with van der Waals surface area (Å²) in [7, 11) is 3.01. The SMILES string of the molecule is COc1ccc(C(=O)Nc2ccc(N3CCN(C(=O)c4ccc(F)cc4F)CC3)nc2)c(OC)c1. The van der Waals surface area contributed by atoms with Gasteiger partial charge >= 0.3 is 0 Å². The topological polar surface area (TPSA) is 84.0 Å². The Kier molecular flexibility index (Phi) is 7.09. The molecule has 2 heterocycles. The average Bonchev–Trinajstić information content (AvgIpc) is 2.88. The number of anilines is 2. The van der Waals surface area contributed by atoms with Crippen molar-refractivity contribution in [2.45, 2.75) is 0 Å². The van der Waals surface area contributed by atoms with E-state index in [1.165, 1.54) is 19.1 Å². The van der Waals surface area contributed by atoms with Crippen LogP contribution in [0.4, 0.5) is 20.3 Å². The average molecular weight is 482 g/mol. The third-order valence-electron chi connectivity index (χ3n) is 5.71. The van der Waals surface area contributed by atoms with Crippen LogP contribution in [0.3, 0.4) is 0 Å². The monoisotopic (exact) mass is 482 g/mol. The summed E-state index contributed by atoms with van der Waals surface area (Å²) in [4.78, 5) is 33.2. The lowest BCUT2D eigenvalue weighted by molar-refractivity contribution is 0.0741. The zero-order chi connectivity index (χ0) is 24.9. The molecule has 0 unspecified atom stereocenters. The number of hydrogen-bond donors (Lipinski definition) is 1. The third-order valence-corrected chi connectivity index (χ3v) is 5.71. The van der Waals surface area contributed by atoms with E-state index in [4.69, 9.17) is 9.47 Å². The smallest absolute Gasteiger partial charge is 0.259 e. The zero-order valence-electron chi connectivity index (χ0n) is 19.3. The van der Waals surface area contributed by atoms with Crippen molar-refractivity contribution in [2.24, 2.45) is 0 Å². The lowest BCUT2D eigenvalue weighted by atomic mass is 10.1. The summed E-state index contributed by atoms with van der Waals surface area (Å²) in [6.07, 6.45) is 1.55. The van der Waals surface area contributed by atoms with Gasteiger partial charge in [0.15, 0.2) is 0 Å². The largest absolute Gasteiger partial charge is 0.497 e. The van der Waals surface area contributed by atoms with E-state index >= 15 is 0 Å². The summed E-state index contributed by atoms with van der Waals surface area (Å²) in [5, 5.41) is 2.79. The first kappa shape index (κ1) is 23.9. The number of carbonyl (C=O) groups excluding carboxylic acids is 2. The normalized spacial score (nSPS) is 13.4. The molecule has 3 aromatic rings. The molecule has 1 aliphatic rings. The van der Waals surface area contributed by atoms with Gasteiger partial charge in [-0.15, -0.1) is 0 Å². The van der Waals surface area contributed by atoms with Gasteiger partial charge in [-0.05, 0) is 36.4 Å². The number of methoxy groups -OCH3 is 2. The van der Waals surface area contributed by atoms with E-state index in [1.807, 2.05) is 4.90 Å². The van der Waals surface area contributed by atoms with Crippen LogP contribution < -0.4 is 19.7 Å². The molecule has 35 heavy (non-hydrogen) atoms. The number of amides is 2. The summed E-state index contributed by atoms with van der Waals surface area (Å²) < 4.78 is 37.5. The van der Waals surface area contributed by atoms with Crippen LogP contribution in [0.25, 0.3) is 0 Å². The molecule has 1 N–H and O–H groups in total. The predicted molar refractivity (Wildman–Crippen MR) is 126 cm³/mol. The first-order valence-corrected chi connectivity index (χ1v) is 10.9. The Morgan fingerprint density at radius 2 is 1.66 bits per heavy atom. The highest BCUT2D eigenvalue weighted by molar-refractivity contribution is 6.06. The van der Waals surface area contributed by atoms with Gasteiger partial charge < -0.3 is 24.6 Å². The van der Waals surface area contributed by atoms with Crippen molar-refractivity contribution in [1.82, 2.24) is 9.88 Å². The molecule has 1 fully saturated rings. The number of carbonyl (C=O) groups is 2. The third kappa shape index (κ3) is 5.32. The van der Waals surface area contributed by atoms with Crippen molar-refractivity contribution in [3.05, 3.63) is 77.5 Å². The Morgan fingerprint density at radius 3 is 2.29 bits per heavy atom. The molecule has 1 aliphatic heterocycles. The number of hydrogen-bond acceptors (Lipinski definition) is 6. The molecule has 182 valence electrons. The maximum absolute atomic E-state index is 14.0. The van der Waals surface area contributed by atoms with Gasteiger partial charge in [-0.1, -0.05) is 0 Å². The number of ether oxygens (including phenoxy) is 2. The van der Waals surface area contributed by atoms with Crippen LogP contribution in [-0.4, -0.2) is 62.1 Å². The Hall–Kier alpha value is -4.21. The molecule has 0 aliphatic carbocycles. The van der Waals surface area contributed by atoms with Crippen LogP contribution in [0, 0.1) is 11.6 Å². The highest BCUT2D eigenvalue weighted by atomic mass is 19.1. The Balaban J connectivity index is 1.36. The molecular weight excluding hydrogens is 458 g/mol. The first-order chi connectivity index (χ1) is 16.9. The van der Waals surface area contributed by atoms with Crippen LogP contribution in [0.5, 0.6) is 11.5 Å². The van der Waals surface area contributed by atoms with Crippen molar-refractivity contribution in [3.63, 3.8) is 0 Å². The minimum atomic E-state index is -0.871. The van der Waals surface area contributed by atoms with Crippen LogP contribution in [0.2, 0.25) is 0 Å². The summed E-state index contributed by atoms with van der Waals surface area (Å²) in [5.41, 5.74) is 0.722. The van der Waals surface area contributed by atoms with Gasteiger partial charge in [-0.3, -0.25) is 9.59 Å². The van der Waals surface area contributed by atoms with Crippen molar-refractivity contribution in [2.75, 3.05) is 50.6 Å². The van der Waals surface area contributed by atoms with Gasteiger partial charge in [0.2, 0.25) is 0 Å². The molecule has 4 rings (SSSR count). The fourth-order valence-corrected chi connectivity index (χ4v) is 3.80. The van der Waals surface area contributed by atoms with Gasteiger partial charge in [0.05, 0.1) is 37.2 Å². The first-order valence-electron chi connectivity index (χ1n) is 10.9. The Labute approximate surface area is 201 Å². The minimum absolute atomic E-state index is 0.147. The van der Waals surface area contributed by atoms with Crippen molar-refractivity contribution in [1.29, 1.82) is 0 Å². The zero-order valence-corrected chi connectivity index (χ0v) is 19.3. The summed E-state index contributed by atoms with van der Waals surface area (Å²) in [5.74, 6) is -0.762. The van der Waals surface area contributed by atoms with E-state index in [1.54, 1.807) is 36.5 Å². The molecule has 8 nitrogen and oxygen atoms in total. The maximum atomic E-state index is 14.0. The highest BCUT2D eigenvalue weighted by Crippen LogP contribution is 2.26.